The van der Waals surface area contributed by atoms with E-state index in [0.29, 0.717) is 23.0 Å². The van der Waals surface area contributed by atoms with Crippen LogP contribution < -0.4 is 5.56 Å². The van der Waals surface area contributed by atoms with Gasteiger partial charge in [-0.1, -0.05) is 28.9 Å². The molecule has 5 nitrogen and oxygen atoms in total. The molecule has 0 saturated carbocycles. The van der Waals surface area contributed by atoms with Crippen LogP contribution in [0.25, 0.3) is 11.3 Å². The number of nitrogens with zero attached hydrogens (tertiary/aromatic N) is 3. The van der Waals surface area contributed by atoms with Crippen LogP contribution in [0, 0.1) is 13.8 Å². The van der Waals surface area contributed by atoms with Gasteiger partial charge in [0, 0.05) is 11.1 Å². The Bertz CT molecular complexity index is 846. The van der Waals surface area contributed by atoms with E-state index in [0.717, 1.165) is 16.8 Å². The Morgan fingerprint density at radius 2 is 1.86 bits per heavy atom. The van der Waals surface area contributed by atoms with Crippen molar-refractivity contribution < 1.29 is 4.52 Å². The zero-order valence-electron chi connectivity index (χ0n) is 12.2. The molecule has 0 bridgehead atoms. The fourth-order valence-corrected chi connectivity index (χ4v) is 2.43. The van der Waals surface area contributed by atoms with E-state index in [1.165, 1.54) is 10.7 Å². The second-order valence-electron chi connectivity index (χ2n) is 5.04. The molecule has 1 aromatic carbocycles. The van der Waals surface area contributed by atoms with Crippen molar-refractivity contribution in [1.29, 1.82) is 0 Å². The summed E-state index contributed by atoms with van der Waals surface area (Å²) in [6.07, 6.45) is 0. The highest BCUT2D eigenvalue weighted by Crippen LogP contribution is 2.23. The van der Waals surface area contributed by atoms with Gasteiger partial charge in [0.15, 0.2) is 0 Å². The SMILES string of the molecule is Cc1noc(C)c1-c1ccc(=O)n(Cc2ccc(Cl)cc2)n1. The first-order chi connectivity index (χ1) is 10.5. The zero-order chi connectivity index (χ0) is 15.7. The molecule has 0 aliphatic heterocycles. The molecule has 2 heterocycles. The third-order valence-electron chi connectivity index (χ3n) is 3.40. The Morgan fingerprint density at radius 1 is 1.14 bits per heavy atom. The average Bonchev–Trinajstić information content (AvgIpc) is 2.83. The van der Waals surface area contributed by atoms with Crippen molar-refractivity contribution >= 4 is 11.6 Å². The van der Waals surface area contributed by atoms with Crippen molar-refractivity contribution in [1.82, 2.24) is 14.9 Å². The van der Waals surface area contributed by atoms with Crippen LogP contribution in [0.2, 0.25) is 5.02 Å². The molecule has 2 aromatic heterocycles. The monoisotopic (exact) mass is 315 g/mol. The average molecular weight is 316 g/mol. The van der Waals surface area contributed by atoms with Gasteiger partial charge in [0.05, 0.1) is 23.5 Å². The third kappa shape index (κ3) is 2.80. The summed E-state index contributed by atoms with van der Waals surface area (Å²) in [5.74, 6) is 0.682. The van der Waals surface area contributed by atoms with Crippen LogP contribution in [-0.4, -0.2) is 14.9 Å². The standard InChI is InChI=1S/C16H14ClN3O2/c1-10-16(11(2)22-19-10)14-7-8-15(21)20(18-14)9-12-3-5-13(17)6-4-12/h3-8H,9H2,1-2H3. The van der Waals surface area contributed by atoms with Crippen LogP contribution in [0.5, 0.6) is 0 Å². The minimum atomic E-state index is -0.162. The molecule has 6 heteroatoms. The molecule has 3 aromatic rings. The van der Waals surface area contributed by atoms with Crippen molar-refractivity contribution in [2.75, 3.05) is 0 Å². The normalized spacial score (nSPS) is 10.9. The van der Waals surface area contributed by atoms with Gasteiger partial charge in [0.2, 0.25) is 0 Å². The third-order valence-corrected chi connectivity index (χ3v) is 3.65. The van der Waals surface area contributed by atoms with Gasteiger partial charge >= 0.3 is 0 Å². The maximum absolute atomic E-state index is 12.0. The predicted molar refractivity (Wildman–Crippen MR) is 84.0 cm³/mol. The van der Waals surface area contributed by atoms with E-state index in [-0.39, 0.29) is 5.56 Å². The van der Waals surface area contributed by atoms with Crippen LogP contribution in [0.3, 0.4) is 0 Å². The lowest BCUT2D eigenvalue weighted by Crippen LogP contribution is -2.22. The molecule has 0 aliphatic rings. The largest absolute Gasteiger partial charge is 0.361 e. The van der Waals surface area contributed by atoms with Crippen LogP contribution in [-0.2, 0) is 6.54 Å². The van der Waals surface area contributed by atoms with Gasteiger partial charge in [-0.25, -0.2) is 4.68 Å². The van der Waals surface area contributed by atoms with Crippen molar-refractivity contribution in [3.63, 3.8) is 0 Å². The topological polar surface area (TPSA) is 60.9 Å². The summed E-state index contributed by atoms with van der Waals surface area (Å²) in [4.78, 5) is 12.0. The summed E-state index contributed by atoms with van der Waals surface area (Å²) in [6.45, 7) is 4.06. The molecule has 112 valence electrons. The van der Waals surface area contributed by atoms with Crippen LogP contribution >= 0.6 is 11.6 Å². The quantitative estimate of drug-likeness (QED) is 0.744. The first-order valence-corrected chi connectivity index (χ1v) is 7.18. The second-order valence-corrected chi connectivity index (χ2v) is 5.48. The van der Waals surface area contributed by atoms with E-state index in [4.69, 9.17) is 16.1 Å². The fraction of sp³-hybridized carbons (Fsp3) is 0.188. The highest BCUT2D eigenvalue weighted by molar-refractivity contribution is 6.30. The molecule has 0 N–H and O–H groups in total. The van der Waals surface area contributed by atoms with Gasteiger partial charge in [-0.05, 0) is 37.6 Å². The number of benzene rings is 1. The Labute approximate surface area is 132 Å². The molecule has 0 fully saturated rings. The first-order valence-electron chi connectivity index (χ1n) is 6.80. The molecule has 0 amide bonds. The summed E-state index contributed by atoms with van der Waals surface area (Å²) < 4.78 is 6.58. The molecule has 0 atom stereocenters. The number of halogens is 1. The summed E-state index contributed by atoms with van der Waals surface area (Å²) in [6, 6.07) is 10.5. The maximum atomic E-state index is 12.0. The first kappa shape index (κ1) is 14.5. The van der Waals surface area contributed by atoms with E-state index in [2.05, 4.69) is 10.3 Å². The van der Waals surface area contributed by atoms with E-state index in [9.17, 15) is 4.79 Å². The molecule has 3 rings (SSSR count). The lowest BCUT2D eigenvalue weighted by atomic mass is 10.1. The number of hydrogen-bond donors (Lipinski definition) is 0. The van der Waals surface area contributed by atoms with Gasteiger partial charge in [-0.2, -0.15) is 5.10 Å². The second kappa shape index (κ2) is 5.77. The van der Waals surface area contributed by atoms with Crippen molar-refractivity contribution in [2.45, 2.75) is 20.4 Å². The molecular weight excluding hydrogens is 302 g/mol. The Balaban J connectivity index is 2.00. The fourth-order valence-electron chi connectivity index (χ4n) is 2.31. The smallest absolute Gasteiger partial charge is 0.267 e. The van der Waals surface area contributed by atoms with Crippen molar-refractivity contribution in [3.05, 3.63) is 68.8 Å². The minimum Gasteiger partial charge on any atom is -0.361 e. The van der Waals surface area contributed by atoms with E-state index < -0.39 is 0 Å². The Kier molecular flexibility index (Phi) is 3.81. The predicted octanol–water partition coefficient (Wildman–Crippen LogP) is 3.22. The molecule has 0 spiro atoms. The van der Waals surface area contributed by atoms with Gasteiger partial charge in [-0.15, -0.1) is 0 Å². The molecule has 0 radical (unpaired) electrons. The number of hydrogen-bond acceptors (Lipinski definition) is 4. The van der Waals surface area contributed by atoms with Gasteiger partial charge < -0.3 is 4.52 Å². The maximum Gasteiger partial charge on any atom is 0.267 e. The Morgan fingerprint density at radius 3 is 2.50 bits per heavy atom. The summed E-state index contributed by atoms with van der Waals surface area (Å²) in [5, 5.41) is 9.01. The van der Waals surface area contributed by atoms with Gasteiger partial charge in [-0.3, -0.25) is 4.79 Å². The Hall–Kier alpha value is -2.40. The van der Waals surface area contributed by atoms with Crippen LogP contribution in [0.15, 0.2) is 45.7 Å². The van der Waals surface area contributed by atoms with Gasteiger partial charge in [0.25, 0.3) is 5.56 Å². The van der Waals surface area contributed by atoms with E-state index in [1.54, 1.807) is 18.2 Å². The summed E-state index contributed by atoms with van der Waals surface area (Å²) in [7, 11) is 0. The van der Waals surface area contributed by atoms with Crippen LogP contribution in [0.1, 0.15) is 17.0 Å². The summed E-state index contributed by atoms with van der Waals surface area (Å²) >= 11 is 5.87. The lowest BCUT2D eigenvalue weighted by molar-refractivity contribution is 0.393. The van der Waals surface area contributed by atoms with Gasteiger partial charge in [0.1, 0.15) is 5.76 Å². The number of aryl methyl sites for hydroxylation is 2. The lowest BCUT2D eigenvalue weighted by Gasteiger charge is -2.07. The molecule has 0 unspecified atom stereocenters. The van der Waals surface area contributed by atoms with E-state index in [1.807, 2.05) is 26.0 Å². The minimum absolute atomic E-state index is 0.162. The zero-order valence-corrected chi connectivity index (χ0v) is 13.0. The molecule has 0 saturated heterocycles. The summed E-state index contributed by atoms with van der Waals surface area (Å²) in [5.41, 5.74) is 3.04. The van der Waals surface area contributed by atoms with Crippen molar-refractivity contribution in [3.8, 4) is 11.3 Å². The number of rotatable bonds is 3. The molecule has 0 aliphatic carbocycles. The highest BCUT2D eigenvalue weighted by Gasteiger charge is 2.14. The highest BCUT2D eigenvalue weighted by atomic mass is 35.5. The van der Waals surface area contributed by atoms with E-state index >= 15 is 0 Å². The van der Waals surface area contributed by atoms with Crippen LogP contribution in [0.4, 0.5) is 0 Å². The molecular formula is C16H14ClN3O2. The molecule has 22 heavy (non-hydrogen) atoms. The number of aromatic nitrogens is 3. The van der Waals surface area contributed by atoms with Crippen molar-refractivity contribution in [2.24, 2.45) is 0 Å².